The van der Waals surface area contributed by atoms with Crippen LogP contribution in [0.3, 0.4) is 0 Å². The Labute approximate surface area is 75.3 Å². The Bertz CT molecular complexity index is 214. The molecular formula is C6H12N4O3. The number of nitrogens with one attached hydrogen (secondary N) is 2. The van der Waals surface area contributed by atoms with E-state index in [2.05, 4.69) is 5.32 Å². The van der Waals surface area contributed by atoms with Gasteiger partial charge in [0.25, 0.3) is 5.96 Å². The Hall–Kier alpha value is -1.37. The smallest absolute Gasteiger partial charge is 0.256 e. The molecule has 1 unspecified atom stereocenters. The summed E-state index contributed by atoms with van der Waals surface area (Å²) in [5.41, 5.74) is 0. The van der Waals surface area contributed by atoms with Crippen LogP contribution in [0.15, 0.2) is 0 Å². The average Bonchev–Trinajstić information content (AvgIpc) is 2.55. The minimum Gasteiger partial charge on any atom is -0.359 e. The molecule has 1 aliphatic rings. The molecule has 74 valence electrons. The van der Waals surface area contributed by atoms with Gasteiger partial charge in [0.1, 0.15) is 6.23 Å². The molecule has 0 spiro atoms. The van der Waals surface area contributed by atoms with E-state index in [0.717, 1.165) is 12.8 Å². The number of hydrazine groups is 1. The monoisotopic (exact) mass is 188 g/mol. The van der Waals surface area contributed by atoms with Gasteiger partial charge >= 0.3 is 0 Å². The van der Waals surface area contributed by atoms with Gasteiger partial charge in [-0.1, -0.05) is 5.01 Å². The van der Waals surface area contributed by atoms with Crippen LogP contribution in [-0.4, -0.2) is 35.9 Å². The summed E-state index contributed by atoms with van der Waals surface area (Å²) in [6.45, 7) is 0.646. The maximum Gasteiger partial charge on any atom is 0.256 e. The molecule has 0 aromatic rings. The molecule has 7 nitrogen and oxygen atoms in total. The summed E-state index contributed by atoms with van der Waals surface area (Å²) in [4.78, 5) is 10.2. The number of nitrogens with zero attached hydrogens (tertiary/aromatic N) is 2. The van der Waals surface area contributed by atoms with Gasteiger partial charge in [-0.05, 0) is 12.8 Å². The van der Waals surface area contributed by atoms with Crippen LogP contribution in [0.5, 0.6) is 0 Å². The molecule has 0 aromatic heterocycles. The van der Waals surface area contributed by atoms with E-state index in [4.69, 9.17) is 10.1 Å². The maximum atomic E-state index is 10.2. The normalized spacial score (nSPS) is 21.2. The van der Waals surface area contributed by atoms with Crippen LogP contribution in [0.25, 0.3) is 0 Å². The minimum atomic E-state index is -0.662. The van der Waals surface area contributed by atoms with Crippen molar-refractivity contribution >= 4 is 5.96 Å². The second-order valence-electron chi connectivity index (χ2n) is 2.76. The molecule has 0 saturated carbocycles. The minimum absolute atomic E-state index is 0.253. The molecule has 7 heteroatoms. The summed E-state index contributed by atoms with van der Waals surface area (Å²) < 4.78 is 5.15. The van der Waals surface area contributed by atoms with Crippen LogP contribution in [0.2, 0.25) is 0 Å². The summed E-state index contributed by atoms with van der Waals surface area (Å²) in [7, 11) is 1.21. The lowest BCUT2D eigenvalue weighted by atomic mass is 10.3. The third kappa shape index (κ3) is 2.55. The molecule has 1 saturated heterocycles. The van der Waals surface area contributed by atoms with E-state index >= 15 is 0 Å². The van der Waals surface area contributed by atoms with Gasteiger partial charge in [0, 0.05) is 6.61 Å². The highest BCUT2D eigenvalue weighted by Gasteiger charge is 2.21. The standard InChI is InChI=1S/C6H12N4O3/c1-9(10(11)12)6(7)8-5-3-2-4-13-5/h5H,2-4H2,1H3,(H2,7,8). The summed E-state index contributed by atoms with van der Waals surface area (Å²) in [5.74, 6) is -0.253. The van der Waals surface area contributed by atoms with E-state index in [0.29, 0.717) is 11.6 Å². The molecule has 1 heterocycles. The fourth-order valence-corrected chi connectivity index (χ4v) is 1.02. The lowest BCUT2D eigenvalue weighted by Crippen LogP contribution is -2.45. The van der Waals surface area contributed by atoms with Crippen molar-refractivity contribution in [3.63, 3.8) is 0 Å². The van der Waals surface area contributed by atoms with Gasteiger partial charge < -0.3 is 10.1 Å². The zero-order chi connectivity index (χ0) is 9.84. The number of hydrogen-bond donors (Lipinski definition) is 2. The highest BCUT2D eigenvalue weighted by molar-refractivity contribution is 5.75. The number of guanidine groups is 1. The third-order valence-electron chi connectivity index (χ3n) is 1.80. The van der Waals surface area contributed by atoms with Gasteiger partial charge in [0.2, 0.25) is 0 Å². The molecule has 1 fully saturated rings. The van der Waals surface area contributed by atoms with Crippen molar-refractivity contribution in [3.05, 3.63) is 10.1 Å². The summed E-state index contributed by atoms with van der Waals surface area (Å²) in [6, 6.07) is 0. The van der Waals surface area contributed by atoms with Gasteiger partial charge in [-0.25, -0.2) is 10.1 Å². The van der Waals surface area contributed by atoms with E-state index in [1.165, 1.54) is 7.05 Å². The van der Waals surface area contributed by atoms with Crippen molar-refractivity contribution in [3.8, 4) is 0 Å². The highest BCUT2D eigenvalue weighted by Crippen LogP contribution is 2.08. The first-order chi connectivity index (χ1) is 6.11. The van der Waals surface area contributed by atoms with Gasteiger partial charge in [0.15, 0.2) is 5.03 Å². The number of rotatable bonds is 2. The average molecular weight is 188 g/mol. The lowest BCUT2D eigenvalue weighted by Gasteiger charge is -2.15. The first kappa shape index (κ1) is 9.72. The molecule has 0 amide bonds. The second-order valence-corrected chi connectivity index (χ2v) is 2.76. The Morgan fingerprint density at radius 1 is 1.85 bits per heavy atom. The van der Waals surface area contributed by atoms with Crippen LogP contribution in [0.4, 0.5) is 0 Å². The van der Waals surface area contributed by atoms with Crippen LogP contribution < -0.4 is 5.32 Å². The van der Waals surface area contributed by atoms with Gasteiger partial charge in [-0.2, -0.15) is 0 Å². The molecule has 0 aromatic carbocycles. The van der Waals surface area contributed by atoms with Gasteiger partial charge in [-0.3, -0.25) is 5.41 Å². The molecule has 1 atom stereocenters. The summed E-state index contributed by atoms with van der Waals surface area (Å²) in [5, 5.41) is 20.1. The van der Waals surface area contributed by atoms with Crippen molar-refractivity contribution in [1.82, 2.24) is 10.3 Å². The fourth-order valence-electron chi connectivity index (χ4n) is 1.02. The van der Waals surface area contributed by atoms with Crippen LogP contribution in [-0.2, 0) is 4.74 Å². The fraction of sp³-hybridized carbons (Fsp3) is 0.833. The topological polar surface area (TPSA) is 91.5 Å². The first-order valence-corrected chi connectivity index (χ1v) is 3.96. The largest absolute Gasteiger partial charge is 0.359 e. The van der Waals surface area contributed by atoms with Crippen molar-refractivity contribution in [2.45, 2.75) is 19.1 Å². The van der Waals surface area contributed by atoms with Gasteiger partial charge in [0.05, 0.1) is 7.05 Å². The van der Waals surface area contributed by atoms with Crippen molar-refractivity contribution in [1.29, 1.82) is 5.41 Å². The predicted molar refractivity (Wildman–Crippen MR) is 44.6 cm³/mol. The van der Waals surface area contributed by atoms with E-state index in [9.17, 15) is 10.1 Å². The molecule has 2 N–H and O–H groups in total. The molecule has 1 rings (SSSR count). The quantitative estimate of drug-likeness (QED) is 0.270. The molecule has 0 radical (unpaired) electrons. The molecule has 13 heavy (non-hydrogen) atoms. The molecule has 0 bridgehead atoms. The number of ether oxygens (including phenoxy) is 1. The highest BCUT2D eigenvalue weighted by atomic mass is 16.7. The summed E-state index contributed by atoms with van der Waals surface area (Å²) in [6.07, 6.45) is 1.45. The van der Waals surface area contributed by atoms with Crippen LogP contribution in [0, 0.1) is 15.5 Å². The SMILES string of the molecule is CN(C(=N)NC1CCCO1)[N+](=O)[O-]. The zero-order valence-corrected chi connectivity index (χ0v) is 7.32. The molecule has 1 aliphatic heterocycles. The Morgan fingerprint density at radius 3 is 3.00 bits per heavy atom. The summed E-state index contributed by atoms with van der Waals surface area (Å²) >= 11 is 0. The van der Waals surface area contributed by atoms with Crippen molar-refractivity contribution < 1.29 is 9.77 Å². The van der Waals surface area contributed by atoms with E-state index in [1.807, 2.05) is 0 Å². The van der Waals surface area contributed by atoms with E-state index < -0.39 is 5.03 Å². The number of nitro groups is 1. The van der Waals surface area contributed by atoms with E-state index in [1.54, 1.807) is 0 Å². The Morgan fingerprint density at radius 2 is 2.54 bits per heavy atom. The van der Waals surface area contributed by atoms with Crippen molar-refractivity contribution in [2.75, 3.05) is 13.7 Å². The van der Waals surface area contributed by atoms with Crippen LogP contribution >= 0.6 is 0 Å². The van der Waals surface area contributed by atoms with Crippen LogP contribution in [0.1, 0.15) is 12.8 Å². The predicted octanol–water partition coefficient (Wildman–Crippen LogP) is -0.229. The Balaban J connectivity index is 2.35. The van der Waals surface area contributed by atoms with E-state index in [-0.39, 0.29) is 12.2 Å². The lowest BCUT2D eigenvalue weighted by molar-refractivity contribution is -0.623. The molecular weight excluding hydrogens is 176 g/mol. The first-order valence-electron chi connectivity index (χ1n) is 3.96. The number of hydrogen-bond acceptors (Lipinski definition) is 4. The second kappa shape index (κ2) is 4.04. The zero-order valence-electron chi connectivity index (χ0n) is 7.32. The Kier molecular flexibility index (Phi) is 3.02. The third-order valence-corrected chi connectivity index (χ3v) is 1.80. The van der Waals surface area contributed by atoms with Gasteiger partial charge in [-0.15, -0.1) is 0 Å². The van der Waals surface area contributed by atoms with Crippen molar-refractivity contribution in [2.24, 2.45) is 0 Å². The maximum absolute atomic E-state index is 10.2. The molecule has 0 aliphatic carbocycles.